The van der Waals surface area contributed by atoms with Crippen LogP contribution in [-0.4, -0.2) is 56.6 Å². The van der Waals surface area contributed by atoms with Crippen LogP contribution in [-0.2, 0) is 0 Å². The molecular weight excluding hydrogens is 152 g/mol. The van der Waals surface area contributed by atoms with Gasteiger partial charge >= 0.3 is 0 Å². The third-order valence-electron chi connectivity index (χ3n) is 1.33. The fraction of sp³-hybridized carbons (Fsp3) is 1.00. The van der Waals surface area contributed by atoms with Gasteiger partial charge in [-0.15, -0.1) is 0 Å². The predicted molar refractivity (Wildman–Crippen MR) is 36.8 cm³/mol. The van der Waals surface area contributed by atoms with Crippen molar-refractivity contribution in [3.8, 4) is 0 Å². The average Bonchev–Trinajstić information content (AvgIpc) is 2.12. The lowest BCUT2D eigenvalue weighted by Crippen LogP contribution is -2.44. The molecule has 0 amide bonds. The highest BCUT2D eigenvalue weighted by Gasteiger charge is 2.27. The Labute approximate surface area is 65.9 Å². The standard InChI is InChI=1S/C6H14O5/c1-3(8)5(10)6(11)4(9)2-7/h3-11H,2H2,1H3/t3-,4+,5+,6+/m0/s1/i1D. The molecule has 0 aliphatic carbocycles. The van der Waals surface area contributed by atoms with Gasteiger partial charge in [-0.3, -0.25) is 0 Å². The summed E-state index contributed by atoms with van der Waals surface area (Å²) >= 11 is 0. The Morgan fingerprint density at radius 1 is 1.18 bits per heavy atom. The first-order chi connectivity index (χ1) is 5.54. The van der Waals surface area contributed by atoms with Crippen molar-refractivity contribution in [3.63, 3.8) is 0 Å². The first kappa shape index (κ1) is 8.89. The first-order valence-electron chi connectivity index (χ1n) is 3.87. The van der Waals surface area contributed by atoms with Gasteiger partial charge < -0.3 is 25.5 Å². The summed E-state index contributed by atoms with van der Waals surface area (Å²) in [7, 11) is 0. The van der Waals surface area contributed by atoms with Crippen molar-refractivity contribution in [2.24, 2.45) is 0 Å². The van der Waals surface area contributed by atoms with Crippen molar-refractivity contribution >= 4 is 0 Å². The Balaban J connectivity index is 3.99. The number of aliphatic hydroxyl groups is 5. The maximum atomic E-state index is 9.00. The fourth-order valence-electron chi connectivity index (χ4n) is 0.563. The third-order valence-corrected chi connectivity index (χ3v) is 1.33. The van der Waals surface area contributed by atoms with Crippen LogP contribution in [0.3, 0.4) is 0 Å². The quantitative estimate of drug-likeness (QED) is 0.317. The van der Waals surface area contributed by atoms with Crippen LogP contribution in [0.1, 0.15) is 8.27 Å². The van der Waals surface area contributed by atoms with E-state index in [1.807, 2.05) is 0 Å². The van der Waals surface area contributed by atoms with E-state index in [9.17, 15) is 0 Å². The molecule has 0 rings (SSSR count). The molecule has 0 heterocycles. The Morgan fingerprint density at radius 3 is 2.09 bits per heavy atom. The van der Waals surface area contributed by atoms with E-state index < -0.39 is 37.9 Å². The lowest BCUT2D eigenvalue weighted by molar-refractivity contribution is -0.110. The highest BCUT2D eigenvalue weighted by atomic mass is 16.4. The van der Waals surface area contributed by atoms with E-state index in [1.165, 1.54) is 0 Å². The van der Waals surface area contributed by atoms with Crippen molar-refractivity contribution in [2.45, 2.75) is 31.3 Å². The molecule has 0 aromatic rings. The van der Waals surface area contributed by atoms with E-state index in [0.29, 0.717) is 0 Å². The molecule has 0 spiro atoms. The number of aliphatic hydroxyl groups excluding tert-OH is 5. The molecule has 0 unspecified atom stereocenters. The fourth-order valence-corrected chi connectivity index (χ4v) is 0.563. The zero-order valence-electron chi connectivity index (χ0n) is 6.96. The largest absolute Gasteiger partial charge is 0.394 e. The number of hydrogen-bond donors (Lipinski definition) is 5. The van der Waals surface area contributed by atoms with Gasteiger partial charge in [0.25, 0.3) is 0 Å². The number of rotatable bonds is 4. The molecule has 4 atom stereocenters. The van der Waals surface area contributed by atoms with E-state index in [0.717, 1.165) is 0 Å². The van der Waals surface area contributed by atoms with Crippen LogP contribution >= 0.6 is 0 Å². The van der Waals surface area contributed by atoms with Crippen molar-refractivity contribution in [1.82, 2.24) is 0 Å². The topological polar surface area (TPSA) is 101 Å². The van der Waals surface area contributed by atoms with Crippen molar-refractivity contribution in [1.29, 1.82) is 0 Å². The molecule has 0 aromatic heterocycles. The van der Waals surface area contributed by atoms with Gasteiger partial charge in [-0.2, -0.15) is 0 Å². The molecule has 0 fully saturated rings. The summed E-state index contributed by atoms with van der Waals surface area (Å²) in [6, 6.07) is 0. The van der Waals surface area contributed by atoms with Gasteiger partial charge in [-0.05, 0) is 6.90 Å². The van der Waals surface area contributed by atoms with Crippen LogP contribution in [0.15, 0.2) is 0 Å². The van der Waals surface area contributed by atoms with E-state index in [4.69, 9.17) is 26.9 Å². The summed E-state index contributed by atoms with van der Waals surface area (Å²) in [4.78, 5) is 0. The van der Waals surface area contributed by atoms with E-state index in [2.05, 4.69) is 0 Å². The molecule has 0 bridgehead atoms. The van der Waals surface area contributed by atoms with Gasteiger partial charge in [0, 0.05) is 1.37 Å². The van der Waals surface area contributed by atoms with Crippen LogP contribution < -0.4 is 0 Å². The Kier molecular flexibility index (Phi) is 3.74. The second-order valence-electron chi connectivity index (χ2n) is 2.30. The lowest BCUT2D eigenvalue weighted by atomic mass is 10.1. The van der Waals surface area contributed by atoms with E-state index in [1.54, 1.807) is 0 Å². The zero-order valence-corrected chi connectivity index (χ0v) is 5.96. The Hall–Kier alpha value is -0.200. The van der Waals surface area contributed by atoms with Crippen molar-refractivity contribution in [3.05, 3.63) is 0 Å². The van der Waals surface area contributed by atoms with Crippen LogP contribution in [0.5, 0.6) is 0 Å². The molecule has 0 radical (unpaired) electrons. The summed E-state index contributed by atoms with van der Waals surface area (Å²) in [6.45, 7) is -1.18. The highest BCUT2D eigenvalue weighted by molar-refractivity contribution is 4.77. The van der Waals surface area contributed by atoms with Gasteiger partial charge in [0.05, 0.1) is 12.7 Å². The minimum Gasteiger partial charge on any atom is -0.394 e. The summed E-state index contributed by atoms with van der Waals surface area (Å²) < 4.78 is 6.67. The number of hydrogen-bond acceptors (Lipinski definition) is 5. The molecule has 0 saturated heterocycles. The second kappa shape index (κ2) is 4.63. The summed E-state index contributed by atoms with van der Waals surface area (Å²) in [5.41, 5.74) is 0. The molecule has 0 saturated carbocycles. The monoisotopic (exact) mass is 167 g/mol. The molecular formula is C6H14O5. The van der Waals surface area contributed by atoms with Gasteiger partial charge in [0.15, 0.2) is 0 Å². The van der Waals surface area contributed by atoms with Gasteiger partial charge in [0.1, 0.15) is 18.3 Å². The van der Waals surface area contributed by atoms with Crippen molar-refractivity contribution in [2.75, 3.05) is 6.61 Å². The summed E-state index contributed by atoms with van der Waals surface area (Å²) in [6.07, 6.45) is -6.15. The first-order valence-corrected chi connectivity index (χ1v) is 3.17. The molecule has 5 heteroatoms. The van der Waals surface area contributed by atoms with Gasteiger partial charge in [-0.1, -0.05) is 0 Å². The van der Waals surface area contributed by atoms with Gasteiger partial charge in [0.2, 0.25) is 0 Å². The van der Waals surface area contributed by atoms with E-state index >= 15 is 0 Å². The average molecular weight is 167 g/mol. The molecule has 68 valence electrons. The normalized spacial score (nSPS) is 23.5. The van der Waals surface area contributed by atoms with Crippen LogP contribution in [0.4, 0.5) is 0 Å². The van der Waals surface area contributed by atoms with Gasteiger partial charge in [-0.25, -0.2) is 0 Å². The molecule has 0 aliphatic heterocycles. The minimum absolute atomic E-state index is 0.476. The lowest BCUT2D eigenvalue weighted by Gasteiger charge is -2.23. The molecule has 0 aromatic carbocycles. The zero-order chi connectivity index (χ0) is 9.72. The Bertz CT molecular complexity index is 109. The minimum atomic E-state index is -1.63. The van der Waals surface area contributed by atoms with Crippen LogP contribution in [0.25, 0.3) is 0 Å². The molecule has 5 nitrogen and oxygen atoms in total. The second-order valence-corrected chi connectivity index (χ2v) is 2.30. The van der Waals surface area contributed by atoms with Crippen LogP contribution in [0, 0.1) is 0 Å². The maximum absolute atomic E-state index is 9.00. The van der Waals surface area contributed by atoms with Crippen LogP contribution in [0.2, 0.25) is 0 Å². The highest BCUT2D eigenvalue weighted by Crippen LogP contribution is 2.03. The predicted octanol–water partition coefficient (Wildman–Crippen LogP) is -2.56. The molecule has 11 heavy (non-hydrogen) atoms. The molecule has 0 aliphatic rings. The summed E-state index contributed by atoms with van der Waals surface area (Å²) in [5.74, 6) is 0. The summed E-state index contributed by atoms with van der Waals surface area (Å²) in [5, 5.41) is 44.0. The Morgan fingerprint density at radius 2 is 1.73 bits per heavy atom. The smallest absolute Gasteiger partial charge is 0.110 e. The van der Waals surface area contributed by atoms with E-state index in [-0.39, 0.29) is 0 Å². The molecule has 5 N–H and O–H groups in total. The maximum Gasteiger partial charge on any atom is 0.110 e. The van der Waals surface area contributed by atoms with Crippen molar-refractivity contribution < 1.29 is 26.9 Å². The SMILES string of the molecule is [2H]C[C@H](O)[C@@H](O)[C@H](O)[C@H](O)CO. The third kappa shape index (κ3) is 3.13.